The van der Waals surface area contributed by atoms with Gasteiger partial charge in [0.15, 0.2) is 11.0 Å². The average molecular weight is 401 g/mol. The van der Waals surface area contributed by atoms with Gasteiger partial charge in [0.25, 0.3) is 0 Å². The van der Waals surface area contributed by atoms with Crippen LogP contribution in [-0.2, 0) is 12.8 Å². The molecule has 3 aromatic rings. The molecule has 144 valence electrons. The van der Waals surface area contributed by atoms with E-state index in [4.69, 9.17) is 15.0 Å². The van der Waals surface area contributed by atoms with Gasteiger partial charge in [0.05, 0.1) is 10.2 Å². The van der Waals surface area contributed by atoms with Crippen LogP contribution in [0.15, 0.2) is 5.16 Å². The van der Waals surface area contributed by atoms with Crippen LogP contribution >= 0.6 is 23.1 Å². The van der Waals surface area contributed by atoms with E-state index in [0.29, 0.717) is 5.92 Å². The quantitative estimate of drug-likeness (QED) is 0.386. The molecule has 4 rings (SSSR count). The van der Waals surface area contributed by atoms with Gasteiger partial charge in [0.2, 0.25) is 0 Å². The van der Waals surface area contributed by atoms with Crippen LogP contribution in [0.3, 0.4) is 0 Å². The van der Waals surface area contributed by atoms with Crippen molar-refractivity contribution in [3.8, 4) is 0 Å². The van der Waals surface area contributed by atoms with E-state index in [1.807, 2.05) is 0 Å². The highest BCUT2D eigenvalue weighted by Gasteiger charge is 2.26. The Morgan fingerprint density at radius 1 is 1.15 bits per heavy atom. The number of unbranched alkanes of at least 4 members (excludes halogenated alkanes) is 1. The molecule has 27 heavy (non-hydrogen) atoms. The van der Waals surface area contributed by atoms with Crippen molar-refractivity contribution in [2.24, 2.45) is 0 Å². The predicted molar refractivity (Wildman–Crippen MR) is 119 cm³/mol. The van der Waals surface area contributed by atoms with Crippen molar-refractivity contribution in [2.45, 2.75) is 63.9 Å². The highest BCUT2D eigenvalue weighted by molar-refractivity contribution is 7.98. The van der Waals surface area contributed by atoms with Gasteiger partial charge in [0, 0.05) is 24.7 Å². The Kier molecular flexibility index (Phi) is 5.30. The van der Waals surface area contributed by atoms with Crippen LogP contribution in [0.5, 0.6) is 0 Å². The van der Waals surface area contributed by atoms with Crippen molar-refractivity contribution in [2.75, 3.05) is 24.7 Å². The van der Waals surface area contributed by atoms with Crippen LogP contribution in [0.4, 0.5) is 5.82 Å². The van der Waals surface area contributed by atoms with Crippen LogP contribution in [0.2, 0.25) is 0 Å². The predicted octanol–water partition coefficient (Wildman–Crippen LogP) is 5.81. The molecule has 3 heterocycles. The molecule has 0 spiro atoms. The van der Waals surface area contributed by atoms with Crippen LogP contribution in [-0.4, -0.2) is 34.8 Å². The van der Waals surface area contributed by atoms with Gasteiger partial charge in [0.1, 0.15) is 4.83 Å². The lowest BCUT2D eigenvalue weighted by Gasteiger charge is -2.18. The molecule has 4 nitrogen and oxygen atoms in total. The van der Waals surface area contributed by atoms with Crippen LogP contribution in [0, 0.1) is 0 Å². The summed E-state index contributed by atoms with van der Waals surface area (Å²) in [5, 5.41) is 2.16. The van der Waals surface area contributed by atoms with Gasteiger partial charge >= 0.3 is 0 Å². The first-order chi connectivity index (χ1) is 13.0. The van der Waals surface area contributed by atoms with E-state index in [0.717, 1.165) is 40.7 Å². The molecular weight excluding hydrogens is 372 g/mol. The summed E-state index contributed by atoms with van der Waals surface area (Å²) in [4.78, 5) is 18.4. The summed E-state index contributed by atoms with van der Waals surface area (Å²) in [6, 6.07) is 0. The Hall–Kier alpha value is -1.40. The summed E-state index contributed by atoms with van der Waals surface area (Å²) in [7, 11) is 2.16. The molecule has 3 aromatic heterocycles. The molecule has 0 bridgehead atoms. The van der Waals surface area contributed by atoms with Gasteiger partial charge in [-0.2, -0.15) is 0 Å². The lowest BCUT2D eigenvalue weighted by atomic mass is 9.99. The molecule has 0 saturated heterocycles. The fourth-order valence-electron chi connectivity index (χ4n) is 4.09. The molecule has 0 N–H and O–H groups in total. The Morgan fingerprint density at radius 3 is 2.63 bits per heavy atom. The molecule has 0 amide bonds. The molecule has 0 aliphatic heterocycles. The largest absolute Gasteiger partial charge is 0.358 e. The zero-order chi connectivity index (χ0) is 19.1. The minimum absolute atomic E-state index is 0.464. The van der Waals surface area contributed by atoms with E-state index >= 15 is 0 Å². The number of pyridine rings is 1. The zero-order valence-electron chi connectivity index (χ0n) is 16.9. The third kappa shape index (κ3) is 3.21. The molecule has 0 aromatic carbocycles. The number of nitrogens with zero attached hydrogens (tertiary/aromatic N) is 4. The number of anilines is 1. The number of hydrogen-bond donors (Lipinski definition) is 0. The second-order valence-electron chi connectivity index (χ2n) is 7.73. The van der Waals surface area contributed by atoms with Crippen molar-refractivity contribution in [3.05, 3.63) is 16.8 Å². The molecule has 0 radical (unpaired) electrons. The van der Waals surface area contributed by atoms with Gasteiger partial charge in [-0.05, 0) is 49.0 Å². The minimum atomic E-state index is 0.464. The first-order valence-corrected chi connectivity index (χ1v) is 12.0. The standard InChI is InChI=1S/C21H28N4S2/c1-6-7-11-25(4)19-18-17(23-21(24-19)26-5)15-13-9-8-10-14(13)16(12(2)3)22-20(15)27-18/h12H,6-11H2,1-5H3. The maximum atomic E-state index is 5.13. The summed E-state index contributed by atoms with van der Waals surface area (Å²) in [6.07, 6.45) is 7.97. The lowest BCUT2D eigenvalue weighted by molar-refractivity contribution is 0.756. The molecule has 0 saturated carbocycles. The topological polar surface area (TPSA) is 41.9 Å². The van der Waals surface area contributed by atoms with Crippen LogP contribution in [0.25, 0.3) is 20.4 Å². The van der Waals surface area contributed by atoms with Crippen LogP contribution < -0.4 is 4.90 Å². The average Bonchev–Trinajstić information content (AvgIpc) is 3.28. The molecule has 1 aliphatic rings. The van der Waals surface area contributed by atoms with Crippen molar-refractivity contribution in [1.82, 2.24) is 15.0 Å². The summed E-state index contributed by atoms with van der Waals surface area (Å²) in [5.41, 5.74) is 5.40. The van der Waals surface area contributed by atoms with Crippen molar-refractivity contribution < 1.29 is 0 Å². The number of hydrogen-bond acceptors (Lipinski definition) is 6. The highest BCUT2D eigenvalue weighted by Crippen LogP contribution is 2.43. The van der Waals surface area contributed by atoms with Gasteiger partial charge in [-0.25, -0.2) is 15.0 Å². The maximum absolute atomic E-state index is 5.13. The number of thiophene rings is 1. The van der Waals surface area contributed by atoms with Crippen molar-refractivity contribution in [3.63, 3.8) is 0 Å². The van der Waals surface area contributed by atoms with Gasteiger partial charge < -0.3 is 4.90 Å². The lowest BCUT2D eigenvalue weighted by Crippen LogP contribution is -2.20. The number of thioether (sulfide) groups is 1. The first-order valence-electron chi connectivity index (χ1n) is 9.96. The highest BCUT2D eigenvalue weighted by atomic mass is 32.2. The van der Waals surface area contributed by atoms with E-state index in [1.54, 1.807) is 23.1 Å². The Labute approximate surface area is 169 Å². The van der Waals surface area contributed by atoms with Crippen molar-refractivity contribution >= 4 is 49.3 Å². The summed E-state index contributed by atoms with van der Waals surface area (Å²) >= 11 is 3.41. The second kappa shape index (κ2) is 7.55. The third-order valence-electron chi connectivity index (χ3n) is 5.47. The van der Waals surface area contributed by atoms with E-state index in [1.165, 1.54) is 46.2 Å². The second-order valence-corrected chi connectivity index (χ2v) is 9.50. The number of rotatable bonds is 6. The number of aromatic nitrogens is 3. The van der Waals surface area contributed by atoms with Gasteiger partial charge in [-0.1, -0.05) is 39.0 Å². The molecule has 0 fully saturated rings. The van der Waals surface area contributed by atoms with E-state index in [9.17, 15) is 0 Å². The molecule has 1 aliphatic carbocycles. The Balaban J connectivity index is 2.01. The number of fused-ring (bicyclic) bond motifs is 5. The third-order valence-corrected chi connectivity index (χ3v) is 7.08. The monoisotopic (exact) mass is 400 g/mol. The fraction of sp³-hybridized carbons (Fsp3) is 0.571. The van der Waals surface area contributed by atoms with E-state index in [2.05, 4.69) is 39.0 Å². The fourth-order valence-corrected chi connectivity index (χ4v) is 5.65. The summed E-state index contributed by atoms with van der Waals surface area (Å²) < 4.78 is 1.20. The summed E-state index contributed by atoms with van der Waals surface area (Å²) in [5.74, 6) is 1.53. The van der Waals surface area contributed by atoms with E-state index in [-0.39, 0.29) is 0 Å². The van der Waals surface area contributed by atoms with E-state index < -0.39 is 0 Å². The molecule has 0 atom stereocenters. The Bertz CT molecular complexity index is 993. The molecule has 6 heteroatoms. The Morgan fingerprint density at radius 2 is 1.93 bits per heavy atom. The van der Waals surface area contributed by atoms with Crippen LogP contribution in [0.1, 0.15) is 62.8 Å². The minimum Gasteiger partial charge on any atom is -0.358 e. The van der Waals surface area contributed by atoms with Crippen molar-refractivity contribution in [1.29, 1.82) is 0 Å². The number of aryl methyl sites for hydroxylation is 1. The molecular formula is C21H28N4S2. The van der Waals surface area contributed by atoms with Gasteiger partial charge in [-0.3, -0.25) is 0 Å². The zero-order valence-corrected chi connectivity index (χ0v) is 18.6. The van der Waals surface area contributed by atoms with Gasteiger partial charge in [-0.15, -0.1) is 11.3 Å². The summed E-state index contributed by atoms with van der Waals surface area (Å²) in [6.45, 7) is 7.77. The first kappa shape index (κ1) is 18.9. The normalized spacial score (nSPS) is 13.9. The SMILES string of the molecule is CCCCN(C)c1nc(SC)nc2c1sc1nc(C(C)C)c3c(c12)CCC3. The maximum Gasteiger partial charge on any atom is 0.189 e. The smallest absolute Gasteiger partial charge is 0.189 e. The molecule has 0 unspecified atom stereocenters.